The predicted octanol–water partition coefficient (Wildman–Crippen LogP) is 4.77. The van der Waals surface area contributed by atoms with E-state index in [4.69, 9.17) is 11.6 Å². The molecule has 2 nitrogen and oxygen atoms in total. The van der Waals surface area contributed by atoms with Crippen LogP contribution >= 0.6 is 11.6 Å². The molecule has 1 atom stereocenters. The number of halogens is 1. The summed E-state index contributed by atoms with van der Waals surface area (Å²) in [6, 6.07) is 14.0. The maximum atomic E-state index is 12.1. The summed E-state index contributed by atoms with van der Waals surface area (Å²) in [6.07, 6.45) is 1.21. The summed E-state index contributed by atoms with van der Waals surface area (Å²) in [5.74, 6) is 0.0701. The fourth-order valence-corrected chi connectivity index (χ4v) is 2.47. The van der Waals surface area contributed by atoms with E-state index in [0.29, 0.717) is 6.42 Å². The maximum Gasteiger partial charge on any atom is 0.220 e. The van der Waals surface area contributed by atoms with Crippen molar-refractivity contribution >= 4 is 17.5 Å². The largest absolute Gasteiger partial charge is 0.350 e. The van der Waals surface area contributed by atoms with Gasteiger partial charge in [0.05, 0.1) is 6.04 Å². The lowest BCUT2D eigenvalue weighted by Gasteiger charge is -2.15. The van der Waals surface area contributed by atoms with Gasteiger partial charge in [0.25, 0.3) is 0 Å². The quantitative estimate of drug-likeness (QED) is 0.846. The highest BCUT2D eigenvalue weighted by molar-refractivity contribution is 6.30. The number of benzene rings is 2. The number of aryl methyl sites for hydroxylation is 3. The molecule has 0 spiro atoms. The van der Waals surface area contributed by atoms with Crippen molar-refractivity contribution in [1.82, 2.24) is 5.32 Å². The molecule has 0 heterocycles. The van der Waals surface area contributed by atoms with Crippen LogP contribution in [0.5, 0.6) is 0 Å². The van der Waals surface area contributed by atoms with Crippen LogP contribution in [0, 0.1) is 13.8 Å². The number of rotatable bonds is 5. The van der Waals surface area contributed by atoms with Crippen LogP contribution in [0.4, 0.5) is 0 Å². The molecule has 2 aromatic carbocycles. The van der Waals surface area contributed by atoms with Gasteiger partial charge in [-0.3, -0.25) is 4.79 Å². The number of carbonyl (C=O) groups is 1. The van der Waals surface area contributed by atoms with Gasteiger partial charge in [-0.15, -0.1) is 0 Å². The first-order valence-electron chi connectivity index (χ1n) is 7.56. The van der Waals surface area contributed by atoms with Gasteiger partial charge in [0.1, 0.15) is 0 Å². The van der Waals surface area contributed by atoms with Gasteiger partial charge in [-0.25, -0.2) is 0 Å². The van der Waals surface area contributed by atoms with Crippen LogP contribution < -0.4 is 5.32 Å². The molecule has 1 amide bonds. The molecule has 0 aliphatic carbocycles. The van der Waals surface area contributed by atoms with E-state index in [-0.39, 0.29) is 11.9 Å². The summed E-state index contributed by atoms with van der Waals surface area (Å²) in [6.45, 7) is 6.20. The van der Waals surface area contributed by atoms with E-state index in [1.54, 1.807) is 0 Å². The van der Waals surface area contributed by atoms with E-state index in [1.807, 2.05) is 31.2 Å². The number of amides is 1. The van der Waals surface area contributed by atoms with Gasteiger partial charge in [-0.05, 0) is 61.6 Å². The Morgan fingerprint density at radius 1 is 1.09 bits per heavy atom. The summed E-state index contributed by atoms with van der Waals surface area (Å²) < 4.78 is 0. The molecule has 0 aliphatic heterocycles. The first-order valence-corrected chi connectivity index (χ1v) is 7.94. The van der Waals surface area contributed by atoms with E-state index in [1.165, 1.54) is 11.1 Å². The van der Waals surface area contributed by atoms with Gasteiger partial charge in [0.2, 0.25) is 5.91 Å². The van der Waals surface area contributed by atoms with Gasteiger partial charge in [-0.2, -0.15) is 0 Å². The van der Waals surface area contributed by atoms with E-state index < -0.39 is 0 Å². The molecule has 2 rings (SSSR count). The second-order valence-electron chi connectivity index (χ2n) is 5.76. The van der Waals surface area contributed by atoms with Crippen LogP contribution in [0.1, 0.15) is 41.6 Å². The molecule has 22 heavy (non-hydrogen) atoms. The molecule has 0 saturated heterocycles. The zero-order valence-electron chi connectivity index (χ0n) is 13.3. The highest BCUT2D eigenvalue weighted by Gasteiger charge is 2.10. The minimum absolute atomic E-state index is 0.0250. The van der Waals surface area contributed by atoms with E-state index in [0.717, 1.165) is 22.6 Å². The van der Waals surface area contributed by atoms with Crippen molar-refractivity contribution in [3.05, 3.63) is 69.7 Å². The monoisotopic (exact) mass is 315 g/mol. The fourth-order valence-electron chi connectivity index (χ4n) is 2.34. The van der Waals surface area contributed by atoms with Crippen molar-refractivity contribution in [2.45, 2.75) is 39.7 Å². The lowest BCUT2D eigenvalue weighted by molar-refractivity contribution is -0.121. The van der Waals surface area contributed by atoms with Gasteiger partial charge in [-0.1, -0.05) is 41.9 Å². The minimum atomic E-state index is 0.0250. The molecule has 116 valence electrons. The zero-order chi connectivity index (χ0) is 16.1. The van der Waals surface area contributed by atoms with Gasteiger partial charge >= 0.3 is 0 Å². The van der Waals surface area contributed by atoms with Crippen molar-refractivity contribution in [3.8, 4) is 0 Å². The van der Waals surface area contributed by atoms with Crippen molar-refractivity contribution in [2.75, 3.05) is 0 Å². The third-order valence-electron chi connectivity index (χ3n) is 3.96. The third-order valence-corrected chi connectivity index (χ3v) is 4.21. The van der Waals surface area contributed by atoms with E-state index in [2.05, 4.69) is 37.4 Å². The molecule has 0 saturated carbocycles. The topological polar surface area (TPSA) is 29.1 Å². The lowest BCUT2D eigenvalue weighted by atomic mass is 10.0. The summed E-state index contributed by atoms with van der Waals surface area (Å²) in [7, 11) is 0. The van der Waals surface area contributed by atoms with Crippen LogP contribution in [0.25, 0.3) is 0 Å². The average Bonchev–Trinajstić information content (AvgIpc) is 2.49. The molecule has 1 N–H and O–H groups in total. The van der Waals surface area contributed by atoms with Gasteiger partial charge in [0.15, 0.2) is 0 Å². The molecule has 0 bridgehead atoms. The lowest BCUT2D eigenvalue weighted by Crippen LogP contribution is -2.26. The highest BCUT2D eigenvalue weighted by atomic mass is 35.5. The Labute approximate surface area is 137 Å². The minimum Gasteiger partial charge on any atom is -0.350 e. The van der Waals surface area contributed by atoms with Crippen molar-refractivity contribution in [1.29, 1.82) is 0 Å². The molecule has 0 aliphatic rings. The normalized spacial score (nSPS) is 12.0. The molecule has 0 unspecified atom stereocenters. The second kappa shape index (κ2) is 7.46. The fraction of sp³-hybridized carbons (Fsp3) is 0.316. The molecule has 0 radical (unpaired) electrons. The Hall–Kier alpha value is -1.80. The second-order valence-corrected chi connectivity index (χ2v) is 6.20. The first-order chi connectivity index (χ1) is 10.5. The molecular weight excluding hydrogens is 294 g/mol. The Morgan fingerprint density at radius 3 is 2.41 bits per heavy atom. The highest BCUT2D eigenvalue weighted by Crippen LogP contribution is 2.17. The van der Waals surface area contributed by atoms with Crippen LogP contribution in [-0.2, 0) is 11.2 Å². The van der Waals surface area contributed by atoms with Gasteiger partial charge < -0.3 is 5.32 Å². The van der Waals surface area contributed by atoms with Crippen LogP contribution in [0.15, 0.2) is 42.5 Å². The molecule has 0 aromatic heterocycles. The molecule has 0 fully saturated rings. The number of carbonyl (C=O) groups excluding carboxylic acids is 1. The van der Waals surface area contributed by atoms with Crippen molar-refractivity contribution in [2.24, 2.45) is 0 Å². The molecular formula is C19H22ClNO. The summed E-state index contributed by atoms with van der Waals surface area (Å²) >= 11 is 5.86. The van der Waals surface area contributed by atoms with Crippen molar-refractivity contribution < 1.29 is 4.79 Å². The number of hydrogen-bond acceptors (Lipinski definition) is 1. The zero-order valence-corrected chi connectivity index (χ0v) is 14.1. The molecule has 3 heteroatoms. The smallest absolute Gasteiger partial charge is 0.220 e. The Morgan fingerprint density at radius 2 is 1.77 bits per heavy atom. The van der Waals surface area contributed by atoms with Crippen LogP contribution in [0.3, 0.4) is 0 Å². The third kappa shape index (κ3) is 4.60. The Bertz CT molecular complexity index is 649. The van der Waals surface area contributed by atoms with E-state index >= 15 is 0 Å². The summed E-state index contributed by atoms with van der Waals surface area (Å²) in [5.41, 5.74) is 4.78. The Balaban J connectivity index is 1.88. The number of hydrogen-bond donors (Lipinski definition) is 1. The number of nitrogens with one attached hydrogen (secondary N) is 1. The maximum absolute atomic E-state index is 12.1. The molecule has 2 aromatic rings. The van der Waals surface area contributed by atoms with Crippen molar-refractivity contribution in [3.63, 3.8) is 0 Å². The van der Waals surface area contributed by atoms with Crippen LogP contribution in [0.2, 0.25) is 5.02 Å². The van der Waals surface area contributed by atoms with Gasteiger partial charge in [0, 0.05) is 11.4 Å². The predicted molar refractivity (Wildman–Crippen MR) is 92.2 cm³/mol. The van der Waals surface area contributed by atoms with E-state index in [9.17, 15) is 4.79 Å². The SMILES string of the molecule is Cc1ccc([C@@H](C)NC(=O)CCc2ccc(Cl)cc2)cc1C. The Kier molecular flexibility index (Phi) is 5.62. The summed E-state index contributed by atoms with van der Waals surface area (Å²) in [5, 5.41) is 3.78. The average molecular weight is 316 g/mol. The first kappa shape index (κ1) is 16.6. The van der Waals surface area contributed by atoms with Crippen LogP contribution in [-0.4, -0.2) is 5.91 Å². The summed E-state index contributed by atoms with van der Waals surface area (Å²) in [4.78, 5) is 12.1. The standard InChI is InChI=1S/C19H22ClNO/c1-13-4-8-17(12-14(13)2)15(3)21-19(22)11-7-16-5-9-18(20)10-6-16/h4-6,8-10,12,15H,7,11H2,1-3H3,(H,21,22)/t15-/m1/s1.